The highest BCUT2D eigenvalue weighted by atomic mass is 79.9. The number of halogens is 4. The Bertz CT molecular complexity index is 483. The molecule has 1 amide bonds. The predicted octanol–water partition coefficient (Wildman–Crippen LogP) is 4.51. The summed E-state index contributed by atoms with van der Waals surface area (Å²) < 4.78 is 28.1. The zero-order valence-electron chi connectivity index (χ0n) is 10.8. The van der Waals surface area contributed by atoms with Gasteiger partial charge >= 0.3 is 0 Å². The predicted molar refractivity (Wildman–Crippen MR) is 81.1 cm³/mol. The summed E-state index contributed by atoms with van der Waals surface area (Å²) in [6.45, 7) is 0.518. The summed E-state index contributed by atoms with van der Waals surface area (Å²) in [5.74, 6) is -2.17. The Labute approximate surface area is 133 Å². The lowest BCUT2D eigenvalue weighted by atomic mass is 9.90. The minimum Gasteiger partial charge on any atom is -0.335 e. The summed E-state index contributed by atoms with van der Waals surface area (Å²) in [6, 6.07) is 2.36. The van der Waals surface area contributed by atoms with Crippen molar-refractivity contribution in [2.75, 3.05) is 11.9 Å². The molecule has 0 radical (unpaired) electrons. The van der Waals surface area contributed by atoms with Crippen molar-refractivity contribution in [3.05, 3.63) is 33.8 Å². The molecule has 1 saturated carbocycles. The Kier molecular flexibility index (Phi) is 5.55. The Balaban J connectivity index is 2.26. The summed E-state index contributed by atoms with van der Waals surface area (Å²) in [4.78, 5) is 14.1. The molecule has 2 nitrogen and oxygen atoms in total. The molecule has 0 aromatic heterocycles. The van der Waals surface area contributed by atoms with Gasteiger partial charge in [-0.25, -0.2) is 8.78 Å². The van der Waals surface area contributed by atoms with Crippen LogP contribution in [0.15, 0.2) is 16.6 Å². The van der Waals surface area contributed by atoms with Crippen LogP contribution in [0.3, 0.4) is 0 Å². The van der Waals surface area contributed by atoms with Crippen LogP contribution in [0, 0.1) is 11.6 Å². The molecule has 0 heterocycles. The second-order valence-corrected chi connectivity index (χ2v) is 6.58. The second kappa shape index (κ2) is 6.98. The fraction of sp³-hybridized carbons (Fsp3) is 0.500. The van der Waals surface area contributed by atoms with E-state index >= 15 is 0 Å². The van der Waals surface area contributed by atoms with Crippen molar-refractivity contribution in [2.24, 2.45) is 0 Å². The van der Waals surface area contributed by atoms with E-state index in [2.05, 4.69) is 31.9 Å². The number of carbonyl (C=O) groups is 1. The lowest BCUT2D eigenvalue weighted by Gasteiger charge is -2.37. The molecule has 2 rings (SSSR count). The van der Waals surface area contributed by atoms with Crippen molar-refractivity contribution in [3.63, 3.8) is 0 Å². The molecule has 1 fully saturated rings. The van der Waals surface area contributed by atoms with Crippen LogP contribution in [0.25, 0.3) is 0 Å². The summed E-state index contributed by atoms with van der Waals surface area (Å²) in [5.41, 5.74) is -0.449. The van der Waals surface area contributed by atoms with Crippen LogP contribution in [0.5, 0.6) is 0 Å². The largest absolute Gasteiger partial charge is 0.335 e. The maximum Gasteiger partial charge on any atom is 0.260 e. The molecule has 0 N–H and O–H groups in total. The van der Waals surface area contributed by atoms with E-state index in [1.807, 2.05) is 0 Å². The first kappa shape index (κ1) is 15.9. The van der Waals surface area contributed by atoms with Crippen LogP contribution in [0.2, 0.25) is 0 Å². The minimum atomic E-state index is -0.815. The summed E-state index contributed by atoms with van der Waals surface area (Å²) >= 11 is 6.34. The Morgan fingerprint density at radius 2 is 1.90 bits per heavy atom. The van der Waals surface area contributed by atoms with Crippen molar-refractivity contribution in [2.45, 2.75) is 31.7 Å². The van der Waals surface area contributed by atoms with E-state index in [-0.39, 0.29) is 6.04 Å². The van der Waals surface area contributed by atoms with Crippen molar-refractivity contribution in [1.29, 1.82) is 0 Å². The van der Waals surface area contributed by atoms with Gasteiger partial charge in [0.05, 0.1) is 0 Å². The van der Waals surface area contributed by atoms with E-state index in [9.17, 15) is 13.6 Å². The summed E-state index contributed by atoms with van der Waals surface area (Å²) in [6.07, 6.45) is 3.65. The highest BCUT2D eigenvalue weighted by Gasteiger charge is 2.31. The van der Waals surface area contributed by atoms with Gasteiger partial charge in [-0.15, -0.1) is 0 Å². The monoisotopic (exact) mass is 409 g/mol. The number of amides is 1. The van der Waals surface area contributed by atoms with Crippen LogP contribution in [-0.2, 0) is 0 Å². The lowest BCUT2D eigenvalue weighted by molar-refractivity contribution is 0.0571. The topological polar surface area (TPSA) is 20.3 Å². The molecule has 0 saturated heterocycles. The molecule has 20 heavy (non-hydrogen) atoms. The molecule has 0 atom stereocenters. The highest BCUT2D eigenvalue weighted by Crippen LogP contribution is 2.28. The van der Waals surface area contributed by atoms with Gasteiger partial charge in [-0.05, 0) is 37.8 Å². The maximum absolute atomic E-state index is 13.9. The van der Waals surface area contributed by atoms with Gasteiger partial charge in [0.25, 0.3) is 5.91 Å². The van der Waals surface area contributed by atoms with E-state index in [0.29, 0.717) is 11.0 Å². The third-order valence-electron chi connectivity index (χ3n) is 3.53. The number of rotatable bonds is 5. The van der Waals surface area contributed by atoms with E-state index in [0.717, 1.165) is 43.1 Å². The third kappa shape index (κ3) is 3.39. The highest BCUT2D eigenvalue weighted by molar-refractivity contribution is 9.10. The molecular weight excluding hydrogens is 396 g/mol. The van der Waals surface area contributed by atoms with Crippen LogP contribution < -0.4 is 0 Å². The quantitative estimate of drug-likeness (QED) is 0.654. The molecule has 0 unspecified atom stereocenters. The molecule has 6 heteroatoms. The fourth-order valence-electron chi connectivity index (χ4n) is 2.27. The van der Waals surface area contributed by atoms with Gasteiger partial charge in [0.1, 0.15) is 17.2 Å². The molecule has 110 valence electrons. The van der Waals surface area contributed by atoms with E-state index in [1.54, 1.807) is 4.90 Å². The lowest BCUT2D eigenvalue weighted by Crippen LogP contribution is -2.45. The van der Waals surface area contributed by atoms with Gasteiger partial charge in [-0.2, -0.15) is 0 Å². The van der Waals surface area contributed by atoms with E-state index in [1.165, 1.54) is 0 Å². The van der Waals surface area contributed by atoms with Crippen LogP contribution in [0.1, 0.15) is 36.0 Å². The SMILES string of the molecule is O=C(c1c(F)cc(Br)cc1F)N(CCCBr)C1CCC1. The van der Waals surface area contributed by atoms with Crippen LogP contribution in [0.4, 0.5) is 8.78 Å². The molecular formula is C14H15Br2F2NO. The first-order chi connectivity index (χ1) is 9.54. The van der Waals surface area contributed by atoms with Gasteiger partial charge in [-0.1, -0.05) is 31.9 Å². The number of hydrogen-bond donors (Lipinski definition) is 0. The second-order valence-electron chi connectivity index (χ2n) is 4.87. The first-order valence-electron chi connectivity index (χ1n) is 6.56. The average Bonchev–Trinajstić information content (AvgIpc) is 2.30. The fourth-order valence-corrected chi connectivity index (χ4v) is 2.92. The van der Waals surface area contributed by atoms with Crippen molar-refractivity contribution in [3.8, 4) is 0 Å². The van der Waals surface area contributed by atoms with Gasteiger partial charge in [0.2, 0.25) is 0 Å². The third-order valence-corrected chi connectivity index (χ3v) is 4.55. The molecule has 0 aliphatic heterocycles. The minimum absolute atomic E-state index is 0.115. The maximum atomic E-state index is 13.9. The van der Waals surface area contributed by atoms with Gasteiger partial charge in [0.15, 0.2) is 0 Å². The van der Waals surface area contributed by atoms with Crippen molar-refractivity contribution < 1.29 is 13.6 Å². The summed E-state index contributed by atoms with van der Waals surface area (Å²) in [5, 5.41) is 0.759. The van der Waals surface area contributed by atoms with Gasteiger partial charge in [-0.3, -0.25) is 4.79 Å². The molecule has 1 aromatic carbocycles. The molecule has 1 aliphatic carbocycles. The average molecular weight is 411 g/mol. The number of carbonyl (C=O) groups excluding carboxylic acids is 1. The standard InChI is InChI=1S/C14H15Br2F2NO/c15-5-2-6-19(10-3-1-4-10)14(20)13-11(17)7-9(16)8-12(13)18/h7-8,10H,1-6H2. The number of nitrogens with zero attached hydrogens (tertiary/aromatic N) is 1. The normalized spacial score (nSPS) is 15.0. The number of hydrogen-bond acceptors (Lipinski definition) is 1. The smallest absolute Gasteiger partial charge is 0.260 e. The van der Waals surface area contributed by atoms with Crippen molar-refractivity contribution >= 4 is 37.8 Å². The molecule has 0 bridgehead atoms. The van der Waals surface area contributed by atoms with Crippen LogP contribution in [-0.4, -0.2) is 28.7 Å². The van der Waals surface area contributed by atoms with E-state index in [4.69, 9.17) is 0 Å². The Hall–Kier alpha value is -0.490. The zero-order chi connectivity index (χ0) is 14.7. The molecule has 1 aliphatic rings. The van der Waals surface area contributed by atoms with Crippen LogP contribution >= 0.6 is 31.9 Å². The first-order valence-corrected chi connectivity index (χ1v) is 8.47. The van der Waals surface area contributed by atoms with E-state index < -0.39 is 23.1 Å². The van der Waals surface area contributed by atoms with Gasteiger partial charge < -0.3 is 4.90 Å². The van der Waals surface area contributed by atoms with Gasteiger partial charge in [0, 0.05) is 22.4 Å². The molecule has 0 spiro atoms. The zero-order valence-corrected chi connectivity index (χ0v) is 14.0. The number of benzene rings is 1. The number of alkyl halides is 1. The summed E-state index contributed by atoms with van der Waals surface area (Å²) in [7, 11) is 0. The molecule has 1 aromatic rings. The Morgan fingerprint density at radius 3 is 2.35 bits per heavy atom. The Morgan fingerprint density at radius 1 is 1.30 bits per heavy atom. The van der Waals surface area contributed by atoms with Crippen molar-refractivity contribution in [1.82, 2.24) is 4.90 Å².